The topological polar surface area (TPSA) is 45.1 Å². The number of rotatable bonds is 4. The van der Waals surface area contributed by atoms with Crippen LogP contribution in [-0.4, -0.2) is 25.0 Å². The lowest BCUT2D eigenvalue weighted by Gasteiger charge is -2.16. The first kappa shape index (κ1) is 13.0. The van der Waals surface area contributed by atoms with Gasteiger partial charge in [-0.25, -0.2) is 4.39 Å². The maximum atomic E-state index is 13.9. The molecule has 4 heteroatoms. The third-order valence-electron chi connectivity index (χ3n) is 3.15. The van der Waals surface area contributed by atoms with Crippen molar-refractivity contribution >= 4 is 11.4 Å². The van der Waals surface area contributed by atoms with Crippen molar-refractivity contribution in [3.63, 3.8) is 0 Å². The van der Waals surface area contributed by atoms with E-state index in [1.807, 2.05) is 13.0 Å². The molecule has 0 aromatic heterocycles. The van der Waals surface area contributed by atoms with Crippen LogP contribution in [0.5, 0.6) is 0 Å². The fraction of sp³-hybridized carbons (Fsp3) is 0.500. The summed E-state index contributed by atoms with van der Waals surface area (Å²) in [5, 5.41) is 10.9. The molecule has 1 heterocycles. The minimum absolute atomic E-state index is 0.201. The predicted octanol–water partition coefficient (Wildman–Crippen LogP) is 3.11. The Morgan fingerprint density at radius 1 is 1.56 bits per heavy atom. The fourth-order valence-electron chi connectivity index (χ4n) is 2.29. The van der Waals surface area contributed by atoms with E-state index in [2.05, 4.69) is 5.32 Å². The van der Waals surface area contributed by atoms with Crippen molar-refractivity contribution in [3.05, 3.63) is 29.1 Å². The smallest absolute Gasteiger partial charge is 0.134 e. The van der Waals surface area contributed by atoms with Crippen molar-refractivity contribution < 1.29 is 9.13 Å². The SMILES string of the molecule is CC(=N)c1c(F)cc(C)cc1NCC1CCCO1. The van der Waals surface area contributed by atoms with Gasteiger partial charge in [0, 0.05) is 24.6 Å². The number of aryl methyl sites for hydroxylation is 1. The lowest BCUT2D eigenvalue weighted by Crippen LogP contribution is -2.20. The molecule has 1 aliphatic heterocycles. The van der Waals surface area contributed by atoms with Gasteiger partial charge in [0.25, 0.3) is 0 Å². The molecular weight excluding hydrogens is 231 g/mol. The lowest BCUT2D eigenvalue weighted by molar-refractivity contribution is 0.120. The number of ether oxygens (including phenoxy) is 1. The molecule has 1 aromatic rings. The summed E-state index contributed by atoms with van der Waals surface area (Å²) < 4.78 is 19.4. The standard InChI is InChI=1S/C14H19FN2O/c1-9-6-12(15)14(10(2)16)13(7-9)17-8-11-4-3-5-18-11/h6-7,11,16-17H,3-5,8H2,1-2H3. The number of hydrogen-bond donors (Lipinski definition) is 2. The van der Waals surface area contributed by atoms with Gasteiger partial charge in [0.2, 0.25) is 0 Å². The maximum Gasteiger partial charge on any atom is 0.134 e. The summed E-state index contributed by atoms with van der Waals surface area (Å²) in [6, 6.07) is 3.34. The average molecular weight is 250 g/mol. The Morgan fingerprint density at radius 3 is 2.94 bits per heavy atom. The number of halogens is 1. The highest BCUT2D eigenvalue weighted by molar-refractivity contribution is 6.01. The van der Waals surface area contributed by atoms with Crippen molar-refractivity contribution in [2.45, 2.75) is 32.8 Å². The van der Waals surface area contributed by atoms with Gasteiger partial charge in [-0.2, -0.15) is 0 Å². The van der Waals surface area contributed by atoms with Gasteiger partial charge in [0.1, 0.15) is 5.82 Å². The first-order valence-electron chi connectivity index (χ1n) is 6.29. The number of hydrogen-bond acceptors (Lipinski definition) is 3. The molecule has 0 saturated carbocycles. The Balaban J connectivity index is 2.16. The minimum Gasteiger partial charge on any atom is -0.382 e. The van der Waals surface area contributed by atoms with E-state index in [0.717, 1.165) is 25.0 Å². The molecule has 3 nitrogen and oxygen atoms in total. The zero-order valence-corrected chi connectivity index (χ0v) is 10.8. The Labute approximate surface area is 107 Å². The van der Waals surface area contributed by atoms with Crippen LogP contribution in [0.3, 0.4) is 0 Å². The van der Waals surface area contributed by atoms with Gasteiger partial charge in [0.05, 0.1) is 11.7 Å². The van der Waals surface area contributed by atoms with Gasteiger partial charge in [0.15, 0.2) is 0 Å². The maximum absolute atomic E-state index is 13.9. The van der Waals surface area contributed by atoms with Crippen LogP contribution in [0.2, 0.25) is 0 Å². The first-order chi connectivity index (χ1) is 8.58. The van der Waals surface area contributed by atoms with E-state index in [1.165, 1.54) is 6.07 Å². The van der Waals surface area contributed by atoms with Crippen molar-refractivity contribution in [2.75, 3.05) is 18.5 Å². The zero-order chi connectivity index (χ0) is 13.1. The molecule has 1 saturated heterocycles. The van der Waals surface area contributed by atoms with Crippen molar-refractivity contribution in [2.24, 2.45) is 0 Å². The summed E-state index contributed by atoms with van der Waals surface area (Å²) in [6.45, 7) is 4.93. The fourth-order valence-corrected chi connectivity index (χ4v) is 2.29. The second-order valence-electron chi connectivity index (χ2n) is 4.81. The monoisotopic (exact) mass is 250 g/mol. The molecule has 1 fully saturated rings. The molecule has 98 valence electrons. The molecule has 1 aliphatic rings. The van der Waals surface area contributed by atoms with Crippen molar-refractivity contribution in [3.8, 4) is 0 Å². The van der Waals surface area contributed by atoms with E-state index in [1.54, 1.807) is 6.92 Å². The molecule has 18 heavy (non-hydrogen) atoms. The van der Waals surface area contributed by atoms with E-state index >= 15 is 0 Å². The summed E-state index contributed by atoms with van der Waals surface area (Å²) in [5.74, 6) is -0.336. The highest BCUT2D eigenvalue weighted by Gasteiger charge is 2.17. The molecule has 2 rings (SSSR count). The van der Waals surface area contributed by atoms with Crippen LogP contribution >= 0.6 is 0 Å². The van der Waals surface area contributed by atoms with Gasteiger partial charge < -0.3 is 15.5 Å². The number of anilines is 1. The van der Waals surface area contributed by atoms with E-state index in [-0.39, 0.29) is 17.6 Å². The van der Waals surface area contributed by atoms with E-state index in [4.69, 9.17) is 10.1 Å². The first-order valence-corrected chi connectivity index (χ1v) is 6.29. The van der Waals surface area contributed by atoms with Crippen LogP contribution in [0.25, 0.3) is 0 Å². The molecule has 0 radical (unpaired) electrons. The van der Waals surface area contributed by atoms with E-state index < -0.39 is 0 Å². The second kappa shape index (κ2) is 5.48. The normalized spacial score (nSPS) is 18.9. The van der Waals surface area contributed by atoms with Crippen molar-refractivity contribution in [1.29, 1.82) is 5.41 Å². The summed E-state index contributed by atoms with van der Waals surface area (Å²) >= 11 is 0. The van der Waals surface area contributed by atoms with Crippen LogP contribution in [0.15, 0.2) is 12.1 Å². The van der Waals surface area contributed by atoms with Crippen molar-refractivity contribution in [1.82, 2.24) is 0 Å². The lowest BCUT2D eigenvalue weighted by atomic mass is 10.0. The molecule has 0 amide bonds. The van der Waals surface area contributed by atoms with Gasteiger partial charge in [-0.1, -0.05) is 0 Å². The summed E-state index contributed by atoms with van der Waals surface area (Å²) in [6.07, 6.45) is 2.33. The molecule has 0 spiro atoms. The van der Waals surface area contributed by atoms with Gasteiger partial charge in [-0.05, 0) is 44.4 Å². The summed E-state index contributed by atoms with van der Waals surface area (Å²) in [5.41, 5.74) is 2.14. The van der Waals surface area contributed by atoms with Gasteiger partial charge in [-0.3, -0.25) is 0 Å². The highest BCUT2D eigenvalue weighted by Crippen LogP contribution is 2.23. The third kappa shape index (κ3) is 2.88. The van der Waals surface area contributed by atoms with Crippen LogP contribution in [-0.2, 0) is 4.74 Å². The second-order valence-corrected chi connectivity index (χ2v) is 4.81. The number of nitrogens with one attached hydrogen (secondary N) is 2. The molecule has 2 N–H and O–H groups in total. The zero-order valence-electron chi connectivity index (χ0n) is 10.8. The molecule has 1 unspecified atom stereocenters. The Kier molecular flexibility index (Phi) is 3.97. The molecular formula is C14H19FN2O. The summed E-state index contributed by atoms with van der Waals surface area (Å²) in [7, 11) is 0. The largest absolute Gasteiger partial charge is 0.382 e. The Morgan fingerprint density at radius 2 is 2.33 bits per heavy atom. The van der Waals surface area contributed by atoms with Crippen LogP contribution < -0.4 is 5.32 Å². The van der Waals surface area contributed by atoms with E-state index in [9.17, 15) is 4.39 Å². The minimum atomic E-state index is -0.336. The predicted molar refractivity (Wildman–Crippen MR) is 71.1 cm³/mol. The number of benzene rings is 1. The van der Waals surface area contributed by atoms with Gasteiger partial charge in [-0.15, -0.1) is 0 Å². The molecule has 1 aromatic carbocycles. The van der Waals surface area contributed by atoms with Crippen LogP contribution in [0.4, 0.5) is 10.1 Å². The molecule has 0 aliphatic carbocycles. The van der Waals surface area contributed by atoms with Gasteiger partial charge >= 0.3 is 0 Å². The Bertz CT molecular complexity index is 453. The molecule has 1 atom stereocenters. The third-order valence-corrected chi connectivity index (χ3v) is 3.15. The summed E-state index contributed by atoms with van der Waals surface area (Å²) in [4.78, 5) is 0. The quantitative estimate of drug-likeness (QED) is 0.806. The average Bonchev–Trinajstić information content (AvgIpc) is 2.77. The van der Waals surface area contributed by atoms with E-state index in [0.29, 0.717) is 17.8 Å². The van der Waals surface area contributed by atoms with Crippen LogP contribution in [0, 0.1) is 18.2 Å². The molecule has 0 bridgehead atoms. The van der Waals surface area contributed by atoms with Crippen LogP contribution in [0.1, 0.15) is 30.9 Å². The highest BCUT2D eigenvalue weighted by atomic mass is 19.1. The Hall–Kier alpha value is -1.42.